The van der Waals surface area contributed by atoms with Gasteiger partial charge in [-0.05, 0) is 36.5 Å². The molecule has 0 radical (unpaired) electrons. The fourth-order valence-corrected chi connectivity index (χ4v) is 4.63. The number of carbonyl (C=O) groups is 2. The highest BCUT2D eigenvalue weighted by Gasteiger charge is 2.17. The smallest absolute Gasteiger partial charge is 0.312 e. The molecule has 2 heterocycles. The van der Waals surface area contributed by atoms with E-state index in [9.17, 15) is 9.59 Å². The summed E-state index contributed by atoms with van der Waals surface area (Å²) in [5.74, 6) is -0.0338. The first-order valence-electron chi connectivity index (χ1n) is 10.3. The minimum atomic E-state index is -0.454. The fraction of sp³-hybridized carbons (Fsp3) is 0.333. The van der Waals surface area contributed by atoms with E-state index in [1.807, 2.05) is 41.8 Å². The molecule has 1 aliphatic carbocycles. The number of pyridine rings is 1. The molecule has 6 heteroatoms. The molecule has 1 aromatic carbocycles. The summed E-state index contributed by atoms with van der Waals surface area (Å²) < 4.78 is 5.19. The maximum atomic E-state index is 12.4. The van der Waals surface area contributed by atoms with E-state index >= 15 is 0 Å². The number of ketones is 1. The molecule has 0 N–H and O–H groups in total. The van der Waals surface area contributed by atoms with Gasteiger partial charge in [0.2, 0.25) is 0 Å². The number of aromatic nitrogens is 2. The number of benzene rings is 1. The molecule has 1 fully saturated rings. The molecule has 0 saturated heterocycles. The van der Waals surface area contributed by atoms with Crippen molar-refractivity contribution in [1.29, 1.82) is 0 Å². The van der Waals surface area contributed by atoms with Crippen molar-refractivity contribution >= 4 is 23.1 Å². The first kappa shape index (κ1) is 20.4. The lowest BCUT2D eigenvalue weighted by atomic mass is 9.84. The molecule has 3 aromatic rings. The molecule has 1 saturated carbocycles. The van der Waals surface area contributed by atoms with Crippen molar-refractivity contribution in [2.24, 2.45) is 0 Å². The average Bonchev–Trinajstić information content (AvgIpc) is 3.27. The largest absolute Gasteiger partial charge is 0.457 e. The third-order valence-electron chi connectivity index (χ3n) is 5.46. The third kappa shape index (κ3) is 5.19. The van der Waals surface area contributed by atoms with E-state index in [-0.39, 0.29) is 18.8 Å². The summed E-state index contributed by atoms with van der Waals surface area (Å²) >= 11 is 1.45. The third-order valence-corrected chi connectivity index (χ3v) is 6.40. The van der Waals surface area contributed by atoms with Crippen LogP contribution in [-0.2, 0) is 16.0 Å². The van der Waals surface area contributed by atoms with Gasteiger partial charge >= 0.3 is 5.97 Å². The van der Waals surface area contributed by atoms with Crippen molar-refractivity contribution in [3.8, 4) is 10.6 Å². The summed E-state index contributed by atoms with van der Waals surface area (Å²) in [6, 6.07) is 11.5. The Labute approximate surface area is 180 Å². The maximum absolute atomic E-state index is 12.4. The molecule has 0 bridgehead atoms. The van der Waals surface area contributed by atoms with Gasteiger partial charge in [-0.25, -0.2) is 4.98 Å². The summed E-state index contributed by atoms with van der Waals surface area (Å²) in [7, 11) is 0. The molecule has 0 atom stereocenters. The highest BCUT2D eigenvalue weighted by atomic mass is 32.1. The molecule has 0 unspecified atom stereocenters. The second kappa shape index (κ2) is 9.76. The Morgan fingerprint density at radius 3 is 2.60 bits per heavy atom. The van der Waals surface area contributed by atoms with Gasteiger partial charge in [-0.2, -0.15) is 0 Å². The van der Waals surface area contributed by atoms with Crippen LogP contribution >= 0.6 is 11.3 Å². The first-order chi connectivity index (χ1) is 14.7. The number of rotatable bonds is 7. The minimum Gasteiger partial charge on any atom is -0.457 e. The number of carbonyl (C=O) groups excluding carboxylic acids is 2. The molecule has 0 spiro atoms. The van der Waals surface area contributed by atoms with E-state index in [1.54, 1.807) is 12.4 Å². The van der Waals surface area contributed by atoms with Gasteiger partial charge in [-0.3, -0.25) is 14.6 Å². The zero-order valence-electron chi connectivity index (χ0n) is 16.8. The highest BCUT2D eigenvalue weighted by Crippen LogP contribution is 2.32. The lowest BCUT2D eigenvalue weighted by molar-refractivity contribution is -0.141. The van der Waals surface area contributed by atoms with E-state index in [1.165, 1.54) is 49.0 Å². The van der Waals surface area contributed by atoms with Gasteiger partial charge in [0.25, 0.3) is 0 Å². The molecular weight excluding hydrogens is 396 g/mol. The minimum absolute atomic E-state index is 0.0463. The normalized spacial score (nSPS) is 14.4. The first-order valence-corrected chi connectivity index (χ1v) is 11.2. The van der Waals surface area contributed by atoms with Gasteiger partial charge in [-0.1, -0.05) is 43.5 Å². The Morgan fingerprint density at radius 1 is 1.07 bits per heavy atom. The van der Waals surface area contributed by atoms with Gasteiger partial charge in [-0.15, -0.1) is 11.3 Å². The molecular formula is C24H24N2O3S. The topological polar surface area (TPSA) is 69.2 Å². The van der Waals surface area contributed by atoms with Crippen LogP contribution in [0.1, 0.15) is 59.6 Å². The van der Waals surface area contributed by atoms with Crippen molar-refractivity contribution in [3.63, 3.8) is 0 Å². The number of nitrogens with zero attached hydrogens (tertiary/aromatic N) is 2. The molecule has 2 aromatic heterocycles. The van der Waals surface area contributed by atoms with Crippen molar-refractivity contribution in [3.05, 3.63) is 71.0 Å². The zero-order chi connectivity index (χ0) is 20.8. The van der Waals surface area contributed by atoms with Gasteiger partial charge in [0.15, 0.2) is 12.4 Å². The Balaban J connectivity index is 1.27. The maximum Gasteiger partial charge on any atom is 0.312 e. The van der Waals surface area contributed by atoms with Gasteiger partial charge in [0.05, 0.1) is 12.1 Å². The number of hydrogen-bond donors (Lipinski definition) is 0. The highest BCUT2D eigenvalue weighted by molar-refractivity contribution is 7.13. The Hall–Kier alpha value is -2.86. The van der Waals surface area contributed by atoms with Crippen LogP contribution in [0.2, 0.25) is 0 Å². The molecule has 154 valence electrons. The Kier molecular flexibility index (Phi) is 6.64. The second-order valence-corrected chi connectivity index (χ2v) is 8.46. The lowest BCUT2D eigenvalue weighted by Crippen LogP contribution is -2.16. The van der Waals surface area contributed by atoms with Crippen LogP contribution in [0.4, 0.5) is 0 Å². The van der Waals surface area contributed by atoms with Gasteiger partial charge < -0.3 is 4.74 Å². The molecule has 30 heavy (non-hydrogen) atoms. The van der Waals surface area contributed by atoms with E-state index in [0.717, 1.165) is 10.6 Å². The standard InChI is InChI=1S/C24H24N2O3S/c27-22(19-10-8-18(9-11-19)17-5-2-1-3-6-17)15-29-23(28)13-21-16-30-24(26-21)20-7-4-12-25-14-20/h4,7-12,14,16-17H,1-3,5-6,13,15H2. The van der Waals surface area contributed by atoms with Crippen molar-refractivity contribution in [2.75, 3.05) is 6.61 Å². The molecule has 4 rings (SSSR count). The van der Waals surface area contributed by atoms with Crippen molar-refractivity contribution in [1.82, 2.24) is 9.97 Å². The van der Waals surface area contributed by atoms with Crippen LogP contribution in [-0.4, -0.2) is 28.3 Å². The molecule has 5 nitrogen and oxygen atoms in total. The average molecular weight is 421 g/mol. The van der Waals surface area contributed by atoms with Crippen LogP contribution in [0, 0.1) is 0 Å². The molecule has 0 amide bonds. The number of hydrogen-bond acceptors (Lipinski definition) is 6. The summed E-state index contributed by atoms with van der Waals surface area (Å²) in [5.41, 5.74) is 3.42. The Bertz CT molecular complexity index is 993. The fourth-order valence-electron chi connectivity index (χ4n) is 3.82. The van der Waals surface area contributed by atoms with Crippen molar-refractivity contribution in [2.45, 2.75) is 44.4 Å². The van der Waals surface area contributed by atoms with Crippen LogP contribution < -0.4 is 0 Å². The predicted octanol–water partition coefficient (Wildman–Crippen LogP) is 5.22. The van der Waals surface area contributed by atoms with E-state index < -0.39 is 5.97 Å². The van der Waals surface area contributed by atoms with Crippen LogP contribution in [0.3, 0.4) is 0 Å². The van der Waals surface area contributed by atoms with Crippen molar-refractivity contribution < 1.29 is 14.3 Å². The van der Waals surface area contributed by atoms with E-state index in [4.69, 9.17) is 4.74 Å². The van der Waals surface area contributed by atoms with Crippen LogP contribution in [0.25, 0.3) is 10.6 Å². The summed E-state index contributed by atoms with van der Waals surface area (Å²) in [6.07, 6.45) is 9.83. The lowest BCUT2D eigenvalue weighted by Gasteiger charge is -2.22. The zero-order valence-corrected chi connectivity index (χ0v) is 17.6. The quantitative estimate of drug-likeness (QED) is 0.387. The SMILES string of the molecule is O=C(Cc1csc(-c2cccnc2)n1)OCC(=O)c1ccc(C2CCCCC2)cc1. The second-order valence-electron chi connectivity index (χ2n) is 7.60. The predicted molar refractivity (Wildman–Crippen MR) is 117 cm³/mol. The molecule has 0 aliphatic heterocycles. The number of esters is 1. The number of Topliss-reactive ketones (excluding diaryl/α,β-unsaturated/α-hetero) is 1. The Morgan fingerprint density at radius 2 is 1.87 bits per heavy atom. The van der Waals surface area contributed by atoms with Crippen LogP contribution in [0.15, 0.2) is 54.2 Å². The van der Waals surface area contributed by atoms with Gasteiger partial charge in [0, 0.05) is 28.9 Å². The summed E-state index contributed by atoms with van der Waals surface area (Å²) in [6.45, 7) is -0.249. The number of ether oxygens (including phenoxy) is 1. The van der Waals surface area contributed by atoms with E-state index in [2.05, 4.69) is 9.97 Å². The molecule has 1 aliphatic rings. The van der Waals surface area contributed by atoms with Gasteiger partial charge in [0.1, 0.15) is 5.01 Å². The monoisotopic (exact) mass is 420 g/mol. The summed E-state index contributed by atoms with van der Waals surface area (Å²) in [4.78, 5) is 33.0. The summed E-state index contributed by atoms with van der Waals surface area (Å²) in [5, 5.41) is 2.63. The van der Waals surface area contributed by atoms with Crippen LogP contribution in [0.5, 0.6) is 0 Å². The van der Waals surface area contributed by atoms with E-state index in [0.29, 0.717) is 17.2 Å². The number of thiazole rings is 1.